The number of carbonyl (C=O) groups excluding carboxylic acids is 2. The van der Waals surface area contributed by atoms with Crippen LogP contribution in [-0.4, -0.2) is 34.8 Å². The molecule has 1 fully saturated rings. The molecule has 3 rings (SSSR count). The van der Waals surface area contributed by atoms with E-state index < -0.39 is 5.97 Å². The number of methoxy groups -OCH3 is 1. The molecule has 5 nitrogen and oxygen atoms in total. The van der Waals surface area contributed by atoms with Gasteiger partial charge >= 0.3 is 5.97 Å². The summed E-state index contributed by atoms with van der Waals surface area (Å²) in [6, 6.07) is 13.8. The molecule has 0 bridgehead atoms. The minimum atomic E-state index is -0.445. The SMILES string of the molecule is CCCCCCN1C(=O)/C(=C/c2ccc(OC(=O)c3ccc(OC)cc3)cc2)SC1=S. The Labute approximate surface area is 192 Å². The molecule has 0 spiro atoms. The average Bonchev–Trinajstić information content (AvgIpc) is 3.05. The van der Waals surface area contributed by atoms with Crippen LogP contribution in [0.1, 0.15) is 48.5 Å². The number of nitrogens with zero attached hydrogens (tertiary/aromatic N) is 1. The fraction of sp³-hybridized carbons (Fsp3) is 0.292. The average molecular weight is 456 g/mol. The number of amides is 1. The summed E-state index contributed by atoms with van der Waals surface area (Å²) in [5, 5.41) is 0. The molecule has 0 N–H and O–H groups in total. The first-order valence-corrected chi connectivity index (χ1v) is 11.5. The molecule has 1 aliphatic rings. The number of hydrogen-bond donors (Lipinski definition) is 0. The first-order valence-electron chi connectivity index (χ1n) is 10.2. The quantitative estimate of drug-likeness (QED) is 0.159. The smallest absolute Gasteiger partial charge is 0.343 e. The zero-order chi connectivity index (χ0) is 22.2. The van der Waals surface area contributed by atoms with Crippen molar-refractivity contribution in [3.8, 4) is 11.5 Å². The van der Waals surface area contributed by atoms with Crippen molar-refractivity contribution in [3.05, 3.63) is 64.6 Å². The topological polar surface area (TPSA) is 55.8 Å². The molecular weight excluding hydrogens is 430 g/mol. The second-order valence-corrected chi connectivity index (χ2v) is 8.76. The molecular formula is C24H25NO4S2. The summed E-state index contributed by atoms with van der Waals surface area (Å²) >= 11 is 6.71. The number of thiocarbonyl (C=S) groups is 1. The Morgan fingerprint density at radius 2 is 1.71 bits per heavy atom. The van der Waals surface area contributed by atoms with Gasteiger partial charge in [-0.15, -0.1) is 0 Å². The van der Waals surface area contributed by atoms with E-state index in [0.717, 1.165) is 24.8 Å². The minimum Gasteiger partial charge on any atom is -0.497 e. The van der Waals surface area contributed by atoms with E-state index in [1.165, 1.54) is 18.2 Å². The molecule has 31 heavy (non-hydrogen) atoms. The van der Waals surface area contributed by atoms with Gasteiger partial charge in [0.25, 0.3) is 5.91 Å². The molecule has 0 atom stereocenters. The molecule has 162 valence electrons. The lowest BCUT2D eigenvalue weighted by molar-refractivity contribution is -0.122. The summed E-state index contributed by atoms with van der Waals surface area (Å²) in [5.41, 5.74) is 1.28. The van der Waals surface area contributed by atoms with E-state index in [1.807, 2.05) is 18.2 Å². The number of thioether (sulfide) groups is 1. The number of ether oxygens (including phenoxy) is 2. The second kappa shape index (κ2) is 11.1. The van der Waals surface area contributed by atoms with Crippen molar-refractivity contribution >= 4 is 46.3 Å². The van der Waals surface area contributed by atoms with Crippen molar-refractivity contribution < 1.29 is 19.1 Å². The van der Waals surface area contributed by atoms with E-state index in [2.05, 4.69) is 6.92 Å². The lowest BCUT2D eigenvalue weighted by atomic mass is 10.2. The Hall–Kier alpha value is -2.64. The molecule has 1 saturated heterocycles. The van der Waals surface area contributed by atoms with Gasteiger partial charge in [-0.3, -0.25) is 9.69 Å². The van der Waals surface area contributed by atoms with Gasteiger partial charge in [-0.25, -0.2) is 4.79 Å². The van der Waals surface area contributed by atoms with Crippen molar-refractivity contribution in [2.45, 2.75) is 32.6 Å². The largest absolute Gasteiger partial charge is 0.497 e. The molecule has 0 saturated carbocycles. The van der Waals surface area contributed by atoms with Crippen LogP contribution in [0.3, 0.4) is 0 Å². The maximum absolute atomic E-state index is 12.7. The molecule has 1 heterocycles. The number of unbranched alkanes of at least 4 members (excludes halogenated alkanes) is 3. The van der Waals surface area contributed by atoms with Gasteiger partial charge in [0.1, 0.15) is 15.8 Å². The third-order valence-electron chi connectivity index (χ3n) is 4.82. The van der Waals surface area contributed by atoms with Crippen LogP contribution in [-0.2, 0) is 4.79 Å². The molecule has 7 heteroatoms. The number of esters is 1. The molecule has 0 radical (unpaired) electrons. The Kier molecular flexibility index (Phi) is 8.26. The van der Waals surface area contributed by atoms with Gasteiger partial charge in [-0.1, -0.05) is 62.3 Å². The molecule has 2 aromatic rings. The zero-order valence-corrected chi connectivity index (χ0v) is 19.3. The van der Waals surface area contributed by atoms with Crippen molar-refractivity contribution in [2.75, 3.05) is 13.7 Å². The molecule has 0 aromatic heterocycles. The summed E-state index contributed by atoms with van der Waals surface area (Å²) in [5.74, 6) is 0.620. The highest BCUT2D eigenvalue weighted by molar-refractivity contribution is 8.26. The van der Waals surface area contributed by atoms with Gasteiger partial charge in [-0.05, 0) is 54.5 Å². The fourth-order valence-corrected chi connectivity index (χ4v) is 4.37. The second-order valence-electron chi connectivity index (χ2n) is 7.08. The Bertz CT molecular complexity index is 968. The van der Waals surface area contributed by atoms with E-state index in [4.69, 9.17) is 21.7 Å². The lowest BCUT2D eigenvalue weighted by Crippen LogP contribution is -2.28. The maximum atomic E-state index is 12.7. The summed E-state index contributed by atoms with van der Waals surface area (Å²) in [4.78, 5) is 27.2. The summed E-state index contributed by atoms with van der Waals surface area (Å²) in [6.07, 6.45) is 6.20. The number of rotatable bonds is 9. The van der Waals surface area contributed by atoms with Crippen molar-refractivity contribution in [2.24, 2.45) is 0 Å². The van der Waals surface area contributed by atoms with Gasteiger partial charge in [0, 0.05) is 6.54 Å². The summed E-state index contributed by atoms with van der Waals surface area (Å²) in [6.45, 7) is 2.83. The van der Waals surface area contributed by atoms with Gasteiger partial charge in [0.15, 0.2) is 0 Å². The fourth-order valence-electron chi connectivity index (χ4n) is 3.07. The van der Waals surface area contributed by atoms with E-state index >= 15 is 0 Å². The van der Waals surface area contributed by atoms with Crippen LogP contribution in [0.25, 0.3) is 6.08 Å². The number of carbonyl (C=O) groups is 2. The first-order chi connectivity index (χ1) is 15.0. The highest BCUT2D eigenvalue weighted by Crippen LogP contribution is 2.33. The van der Waals surface area contributed by atoms with Crippen molar-refractivity contribution in [1.29, 1.82) is 0 Å². The Balaban J connectivity index is 1.60. The van der Waals surface area contributed by atoms with Crippen LogP contribution in [0.2, 0.25) is 0 Å². The van der Waals surface area contributed by atoms with Crippen molar-refractivity contribution in [1.82, 2.24) is 4.90 Å². The lowest BCUT2D eigenvalue weighted by Gasteiger charge is -2.13. The summed E-state index contributed by atoms with van der Waals surface area (Å²) < 4.78 is 11.1. The monoisotopic (exact) mass is 455 g/mol. The van der Waals surface area contributed by atoms with E-state index in [9.17, 15) is 9.59 Å². The maximum Gasteiger partial charge on any atom is 0.343 e. The molecule has 0 aliphatic carbocycles. The molecule has 2 aromatic carbocycles. The minimum absolute atomic E-state index is 0.0403. The highest BCUT2D eigenvalue weighted by Gasteiger charge is 2.31. The predicted molar refractivity (Wildman–Crippen MR) is 128 cm³/mol. The Morgan fingerprint density at radius 1 is 1.03 bits per heavy atom. The van der Waals surface area contributed by atoms with Crippen LogP contribution in [0.5, 0.6) is 11.5 Å². The van der Waals surface area contributed by atoms with Crippen LogP contribution < -0.4 is 9.47 Å². The van der Waals surface area contributed by atoms with Gasteiger partial charge in [-0.2, -0.15) is 0 Å². The number of hydrogen-bond acceptors (Lipinski definition) is 6. The van der Waals surface area contributed by atoms with E-state index in [-0.39, 0.29) is 5.91 Å². The Morgan fingerprint density at radius 3 is 2.35 bits per heavy atom. The first kappa shape index (κ1) is 23.0. The molecule has 0 unspecified atom stereocenters. The van der Waals surface area contributed by atoms with E-state index in [0.29, 0.717) is 32.8 Å². The van der Waals surface area contributed by atoms with Crippen LogP contribution in [0, 0.1) is 0 Å². The van der Waals surface area contributed by atoms with Crippen LogP contribution in [0.15, 0.2) is 53.4 Å². The van der Waals surface area contributed by atoms with Crippen LogP contribution >= 0.6 is 24.0 Å². The van der Waals surface area contributed by atoms with Crippen LogP contribution in [0.4, 0.5) is 0 Å². The predicted octanol–water partition coefficient (Wildman–Crippen LogP) is 5.70. The highest BCUT2D eigenvalue weighted by atomic mass is 32.2. The third kappa shape index (κ3) is 6.18. The van der Waals surface area contributed by atoms with Gasteiger partial charge < -0.3 is 9.47 Å². The third-order valence-corrected chi connectivity index (χ3v) is 6.20. The van der Waals surface area contributed by atoms with Gasteiger partial charge in [0.2, 0.25) is 0 Å². The van der Waals surface area contributed by atoms with E-state index in [1.54, 1.807) is 48.4 Å². The zero-order valence-electron chi connectivity index (χ0n) is 17.6. The normalized spacial score (nSPS) is 14.9. The van der Waals surface area contributed by atoms with Gasteiger partial charge in [0.05, 0.1) is 17.6 Å². The standard InChI is InChI=1S/C24H25NO4S2/c1-3-4-5-6-15-25-22(26)21(31-24(25)30)16-17-7-11-20(12-8-17)29-23(27)18-9-13-19(28-2)14-10-18/h7-14,16H,3-6,15H2,1-2H3/b21-16-. The summed E-state index contributed by atoms with van der Waals surface area (Å²) in [7, 11) is 1.57. The molecule has 1 amide bonds. The van der Waals surface area contributed by atoms with Crippen molar-refractivity contribution in [3.63, 3.8) is 0 Å². The number of benzene rings is 2. The molecule has 1 aliphatic heterocycles.